The fraction of sp³-hybridized carbons (Fsp3) is 0.286. The Morgan fingerprint density at radius 2 is 1.77 bits per heavy atom. The SMILES string of the molecule is CC[C@H](Sc1nc(C)nc2ccccc12)C(=O)N[C@H](C)c1ccccc1. The van der Waals surface area contributed by atoms with E-state index in [0.29, 0.717) is 0 Å². The molecule has 0 saturated carbocycles. The molecular formula is C21H23N3OS. The molecule has 0 unspecified atom stereocenters. The van der Waals surface area contributed by atoms with E-state index in [-0.39, 0.29) is 17.2 Å². The Morgan fingerprint density at radius 3 is 2.50 bits per heavy atom. The van der Waals surface area contributed by atoms with Crippen molar-refractivity contribution in [3.05, 3.63) is 66.0 Å². The summed E-state index contributed by atoms with van der Waals surface area (Å²) < 4.78 is 0. The minimum absolute atomic E-state index is 0.0257. The predicted octanol–water partition coefficient (Wildman–Crippen LogP) is 4.69. The summed E-state index contributed by atoms with van der Waals surface area (Å²) >= 11 is 1.51. The Hall–Kier alpha value is -2.40. The molecule has 1 aromatic heterocycles. The van der Waals surface area contributed by atoms with Crippen molar-refractivity contribution in [2.75, 3.05) is 0 Å². The molecule has 0 aliphatic carbocycles. The van der Waals surface area contributed by atoms with Gasteiger partial charge < -0.3 is 5.32 Å². The number of hydrogen-bond donors (Lipinski definition) is 1. The number of aromatic nitrogens is 2. The summed E-state index contributed by atoms with van der Waals surface area (Å²) in [6.45, 7) is 5.92. The van der Waals surface area contributed by atoms with Crippen molar-refractivity contribution in [1.29, 1.82) is 0 Å². The van der Waals surface area contributed by atoms with Crippen molar-refractivity contribution >= 4 is 28.6 Å². The molecule has 3 rings (SSSR count). The fourth-order valence-electron chi connectivity index (χ4n) is 2.84. The maximum absolute atomic E-state index is 12.8. The van der Waals surface area contributed by atoms with E-state index >= 15 is 0 Å². The van der Waals surface area contributed by atoms with E-state index < -0.39 is 0 Å². The molecule has 5 heteroatoms. The number of hydrogen-bond acceptors (Lipinski definition) is 4. The molecular weight excluding hydrogens is 342 g/mol. The van der Waals surface area contributed by atoms with Gasteiger partial charge in [0.25, 0.3) is 0 Å². The van der Waals surface area contributed by atoms with Gasteiger partial charge in [-0.15, -0.1) is 0 Å². The highest BCUT2D eigenvalue weighted by molar-refractivity contribution is 8.00. The van der Waals surface area contributed by atoms with Gasteiger partial charge in [0, 0.05) is 5.39 Å². The second-order valence-electron chi connectivity index (χ2n) is 6.25. The van der Waals surface area contributed by atoms with Gasteiger partial charge in [0.1, 0.15) is 10.9 Å². The summed E-state index contributed by atoms with van der Waals surface area (Å²) in [5, 5.41) is 4.79. The van der Waals surface area contributed by atoms with Crippen LogP contribution in [0.3, 0.4) is 0 Å². The molecule has 0 fully saturated rings. The van der Waals surface area contributed by atoms with E-state index in [0.717, 1.165) is 33.7 Å². The first-order chi connectivity index (χ1) is 12.6. The number of thioether (sulfide) groups is 1. The van der Waals surface area contributed by atoms with Crippen molar-refractivity contribution in [2.45, 2.75) is 43.5 Å². The molecule has 2 atom stereocenters. The lowest BCUT2D eigenvalue weighted by molar-refractivity contribution is -0.121. The van der Waals surface area contributed by atoms with Crippen LogP contribution in [0.25, 0.3) is 10.9 Å². The summed E-state index contributed by atoms with van der Waals surface area (Å²) in [5.41, 5.74) is 2.01. The molecule has 2 aromatic carbocycles. The fourth-order valence-corrected chi connectivity index (χ4v) is 3.93. The number of carbonyl (C=O) groups is 1. The number of amides is 1. The van der Waals surface area contributed by atoms with Crippen molar-refractivity contribution in [2.24, 2.45) is 0 Å². The van der Waals surface area contributed by atoms with Crippen LogP contribution in [0, 0.1) is 6.92 Å². The first-order valence-corrected chi connectivity index (χ1v) is 9.71. The van der Waals surface area contributed by atoms with E-state index in [1.54, 1.807) is 0 Å². The maximum Gasteiger partial charge on any atom is 0.234 e. The largest absolute Gasteiger partial charge is 0.349 e. The predicted molar refractivity (Wildman–Crippen MR) is 107 cm³/mol. The summed E-state index contributed by atoms with van der Waals surface area (Å²) in [7, 11) is 0. The van der Waals surface area contributed by atoms with E-state index in [2.05, 4.69) is 15.3 Å². The van der Waals surface area contributed by atoms with Crippen LogP contribution >= 0.6 is 11.8 Å². The van der Waals surface area contributed by atoms with E-state index in [4.69, 9.17) is 0 Å². The maximum atomic E-state index is 12.8. The summed E-state index contributed by atoms with van der Waals surface area (Å²) in [6.07, 6.45) is 0.732. The van der Waals surface area contributed by atoms with Gasteiger partial charge in [-0.25, -0.2) is 9.97 Å². The van der Waals surface area contributed by atoms with Crippen LogP contribution in [0.5, 0.6) is 0 Å². The van der Waals surface area contributed by atoms with Gasteiger partial charge in [-0.2, -0.15) is 0 Å². The lowest BCUT2D eigenvalue weighted by atomic mass is 10.1. The highest BCUT2D eigenvalue weighted by atomic mass is 32.2. The standard InChI is InChI=1S/C21H23N3OS/c1-4-19(20(25)22-14(2)16-10-6-5-7-11-16)26-21-17-12-8-9-13-18(17)23-15(3)24-21/h5-14,19H,4H2,1-3H3,(H,22,25)/t14-,19+/m1/s1. The van der Waals surface area contributed by atoms with Gasteiger partial charge in [-0.1, -0.05) is 67.2 Å². The lowest BCUT2D eigenvalue weighted by Gasteiger charge is -2.19. The van der Waals surface area contributed by atoms with Crippen LogP contribution in [0.4, 0.5) is 0 Å². The third kappa shape index (κ3) is 4.22. The molecule has 0 saturated heterocycles. The second-order valence-corrected chi connectivity index (χ2v) is 7.44. The minimum Gasteiger partial charge on any atom is -0.349 e. The minimum atomic E-state index is -0.195. The average Bonchev–Trinajstić information content (AvgIpc) is 2.66. The quantitative estimate of drug-likeness (QED) is 0.509. The Labute approximate surface area is 158 Å². The van der Waals surface area contributed by atoms with Gasteiger partial charge in [0.15, 0.2) is 0 Å². The smallest absolute Gasteiger partial charge is 0.234 e. The van der Waals surface area contributed by atoms with Crippen molar-refractivity contribution < 1.29 is 4.79 Å². The number of nitrogens with zero attached hydrogens (tertiary/aromatic N) is 2. The molecule has 0 bridgehead atoms. The van der Waals surface area contributed by atoms with E-state index in [9.17, 15) is 4.79 Å². The first kappa shape index (κ1) is 18.4. The zero-order valence-electron chi connectivity index (χ0n) is 15.3. The number of fused-ring (bicyclic) bond motifs is 1. The molecule has 4 nitrogen and oxygen atoms in total. The van der Waals surface area contributed by atoms with Crippen LogP contribution in [-0.2, 0) is 4.79 Å². The summed E-state index contributed by atoms with van der Waals surface area (Å²) in [6, 6.07) is 17.9. The highest BCUT2D eigenvalue weighted by Gasteiger charge is 2.22. The number of aryl methyl sites for hydroxylation is 1. The topological polar surface area (TPSA) is 54.9 Å². The normalized spacial score (nSPS) is 13.3. The molecule has 134 valence electrons. The van der Waals surface area contributed by atoms with Gasteiger partial charge >= 0.3 is 0 Å². The second kappa shape index (κ2) is 8.32. The Balaban J connectivity index is 1.78. The van der Waals surface area contributed by atoms with Crippen LogP contribution in [0.2, 0.25) is 0 Å². The number of benzene rings is 2. The van der Waals surface area contributed by atoms with Crippen LogP contribution in [0.15, 0.2) is 59.6 Å². The number of carbonyl (C=O) groups excluding carboxylic acids is 1. The van der Waals surface area contributed by atoms with Gasteiger partial charge in [-0.3, -0.25) is 4.79 Å². The van der Waals surface area contributed by atoms with Gasteiger partial charge in [0.2, 0.25) is 5.91 Å². The molecule has 0 radical (unpaired) electrons. The summed E-state index contributed by atoms with van der Waals surface area (Å²) in [4.78, 5) is 21.9. The van der Waals surface area contributed by atoms with E-state index in [1.807, 2.05) is 75.4 Å². The van der Waals surface area contributed by atoms with E-state index in [1.165, 1.54) is 11.8 Å². The Kier molecular flexibility index (Phi) is 5.89. The van der Waals surface area contributed by atoms with Gasteiger partial charge in [-0.05, 0) is 31.9 Å². The molecule has 0 aliphatic heterocycles. The number of nitrogens with one attached hydrogen (secondary N) is 1. The number of para-hydroxylation sites is 1. The Morgan fingerprint density at radius 1 is 1.08 bits per heavy atom. The van der Waals surface area contributed by atoms with Gasteiger partial charge in [0.05, 0.1) is 16.8 Å². The number of rotatable bonds is 6. The molecule has 3 aromatic rings. The molecule has 0 aliphatic rings. The Bertz CT molecular complexity index is 898. The summed E-state index contributed by atoms with van der Waals surface area (Å²) in [5.74, 6) is 0.758. The lowest BCUT2D eigenvalue weighted by Crippen LogP contribution is -2.34. The van der Waals surface area contributed by atoms with Crippen molar-refractivity contribution in [3.63, 3.8) is 0 Å². The third-order valence-corrected chi connectivity index (χ3v) is 5.62. The van der Waals surface area contributed by atoms with Crippen LogP contribution < -0.4 is 5.32 Å². The van der Waals surface area contributed by atoms with Crippen molar-refractivity contribution in [3.8, 4) is 0 Å². The van der Waals surface area contributed by atoms with Crippen LogP contribution in [-0.4, -0.2) is 21.1 Å². The monoisotopic (exact) mass is 365 g/mol. The zero-order valence-corrected chi connectivity index (χ0v) is 16.1. The van der Waals surface area contributed by atoms with Crippen LogP contribution in [0.1, 0.15) is 37.7 Å². The molecule has 26 heavy (non-hydrogen) atoms. The molecule has 0 spiro atoms. The highest BCUT2D eigenvalue weighted by Crippen LogP contribution is 2.30. The molecule has 1 heterocycles. The van der Waals surface area contributed by atoms with Crippen molar-refractivity contribution in [1.82, 2.24) is 15.3 Å². The average molecular weight is 366 g/mol. The first-order valence-electron chi connectivity index (χ1n) is 8.84. The molecule has 1 amide bonds. The third-order valence-electron chi connectivity index (χ3n) is 4.26. The molecule has 1 N–H and O–H groups in total. The zero-order chi connectivity index (χ0) is 18.5.